The van der Waals surface area contributed by atoms with Crippen molar-refractivity contribution in [1.82, 2.24) is 10.2 Å². The molecule has 0 aromatic heterocycles. The van der Waals surface area contributed by atoms with Crippen LogP contribution in [0.5, 0.6) is 0 Å². The molecule has 1 aromatic rings. The molecular weight excluding hydrogens is 256 g/mol. The maximum Gasteiger partial charge on any atom is 0.320 e. The fourth-order valence-corrected chi connectivity index (χ4v) is 3.10. The summed E-state index contributed by atoms with van der Waals surface area (Å²) < 4.78 is 5.03. The van der Waals surface area contributed by atoms with Gasteiger partial charge < -0.3 is 10.1 Å². The summed E-state index contributed by atoms with van der Waals surface area (Å²) in [6, 6.07) is 5.94. The predicted molar refractivity (Wildman–Crippen MR) is 73.4 cm³/mol. The number of carbonyl (C=O) groups is 2. The summed E-state index contributed by atoms with van der Waals surface area (Å²) in [6.07, 6.45) is 0.867. The second kappa shape index (κ2) is 5.25. The summed E-state index contributed by atoms with van der Waals surface area (Å²) in [6.45, 7) is 3.86. The lowest BCUT2D eigenvalue weighted by Crippen LogP contribution is -2.48. The van der Waals surface area contributed by atoms with Gasteiger partial charge in [-0.1, -0.05) is 12.1 Å². The van der Waals surface area contributed by atoms with Crippen molar-refractivity contribution in [3.8, 4) is 0 Å². The van der Waals surface area contributed by atoms with Gasteiger partial charge in [0.2, 0.25) is 0 Å². The maximum atomic E-state index is 11.9. The normalized spacial score (nSPS) is 21.1. The van der Waals surface area contributed by atoms with Gasteiger partial charge in [0.15, 0.2) is 0 Å². The van der Waals surface area contributed by atoms with Crippen molar-refractivity contribution < 1.29 is 14.3 Å². The largest absolute Gasteiger partial charge is 0.465 e. The number of carbonyl (C=O) groups excluding carboxylic acids is 2. The van der Waals surface area contributed by atoms with Gasteiger partial charge in [-0.25, -0.2) is 0 Å². The molecule has 0 bridgehead atoms. The van der Waals surface area contributed by atoms with E-state index in [2.05, 4.69) is 16.3 Å². The first kappa shape index (κ1) is 13.1. The van der Waals surface area contributed by atoms with Crippen molar-refractivity contribution in [3.63, 3.8) is 0 Å². The van der Waals surface area contributed by atoms with E-state index in [1.807, 2.05) is 19.1 Å². The van der Waals surface area contributed by atoms with Gasteiger partial charge >= 0.3 is 5.97 Å². The van der Waals surface area contributed by atoms with Crippen molar-refractivity contribution in [2.75, 3.05) is 26.2 Å². The Hall–Kier alpha value is -1.88. The van der Waals surface area contributed by atoms with E-state index in [0.717, 1.165) is 24.1 Å². The van der Waals surface area contributed by atoms with Crippen molar-refractivity contribution in [2.24, 2.45) is 0 Å². The summed E-state index contributed by atoms with van der Waals surface area (Å²) in [5.41, 5.74) is 3.06. The third-order valence-corrected chi connectivity index (χ3v) is 3.98. The van der Waals surface area contributed by atoms with Crippen molar-refractivity contribution >= 4 is 11.9 Å². The third kappa shape index (κ3) is 2.18. The van der Waals surface area contributed by atoms with E-state index in [0.29, 0.717) is 13.2 Å². The molecule has 1 aromatic carbocycles. The lowest BCUT2D eigenvalue weighted by molar-refractivity contribution is -0.145. The van der Waals surface area contributed by atoms with Crippen LogP contribution >= 0.6 is 0 Å². The van der Waals surface area contributed by atoms with Crippen LogP contribution in [0.1, 0.15) is 34.5 Å². The Kier molecular flexibility index (Phi) is 3.44. The quantitative estimate of drug-likeness (QED) is 0.832. The number of benzene rings is 1. The van der Waals surface area contributed by atoms with Gasteiger partial charge in [-0.3, -0.25) is 14.5 Å². The molecule has 0 radical (unpaired) electrons. The van der Waals surface area contributed by atoms with Gasteiger partial charge in [-0.2, -0.15) is 0 Å². The molecule has 5 nitrogen and oxygen atoms in total. The van der Waals surface area contributed by atoms with E-state index < -0.39 is 0 Å². The third-order valence-electron chi connectivity index (χ3n) is 3.98. The van der Waals surface area contributed by atoms with E-state index in [1.165, 1.54) is 5.56 Å². The van der Waals surface area contributed by atoms with Crippen LogP contribution in [0.25, 0.3) is 0 Å². The van der Waals surface area contributed by atoms with Crippen molar-refractivity contribution in [2.45, 2.75) is 19.4 Å². The second-order valence-electron chi connectivity index (χ2n) is 5.13. The van der Waals surface area contributed by atoms with Gasteiger partial charge in [0.25, 0.3) is 5.91 Å². The molecule has 0 saturated carbocycles. The number of nitrogens with zero attached hydrogens (tertiary/aromatic N) is 1. The molecule has 1 atom stereocenters. The first-order valence-electron chi connectivity index (χ1n) is 7.00. The van der Waals surface area contributed by atoms with Gasteiger partial charge in [-0.05, 0) is 30.5 Å². The summed E-state index contributed by atoms with van der Waals surface area (Å²) in [5, 5.41) is 2.90. The molecule has 0 fully saturated rings. The number of esters is 1. The number of hydrogen-bond acceptors (Lipinski definition) is 4. The summed E-state index contributed by atoms with van der Waals surface area (Å²) in [5.74, 6) is -0.221. The van der Waals surface area contributed by atoms with Crippen molar-refractivity contribution in [3.05, 3.63) is 34.9 Å². The highest BCUT2D eigenvalue weighted by Crippen LogP contribution is 2.34. The number of amides is 1. The topological polar surface area (TPSA) is 58.6 Å². The Balaban J connectivity index is 1.89. The average molecular weight is 274 g/mol. The van der Waals surface area contributed by atoms with Crippen LogP contribution in [0.2, 0.25) is 0 Å². The molecule has 1 N–H and O–H groups in total. The summed E-state index contributed by atoms with van der Waals surface area (Å²) in [7, 11) is 0. The van der Waals surface area contributed by atoms with E-state index in [9.17, 15) is 9.59 Å². The molecule has 2 aliphatic rings. The molecule has 0 saturated heterocycles. The zero-order valence-electron chi connectivity index (χ0n) is 11.5. The summed E-state index contributed by atoms with van der Waals surface area (Å²) in [4.78, 5) is 25.7. The molecule has 1 unspecified atom stereocenters. The van der Waals surface area contributed by atoms with E-state index in [-0.39, 0.29) is 24.5 Å². The first-order valence-corrected chi connectivity index (χ1v) is 7.00. The summed E-state index contributed by atoms with van der Waals surface area (Å²) >= 11 is 0. The van der Waals surface area contributed by atoms with E-state index >= 15 is 0 Å². The molecule has 1 amide bonds. The van der Waals surface area contributed by atoms with Crippen LogP contribution in [0.4, 0.5) is 0 Å². The first-order chi connectivity index (χ1) is 9.70. The highest BCUT2D eigenvalue weighted by atomic mass is 16.5. The zero-order chi connectivity index (χ0) is 14.1. The molecule has 106 valence electrons. The predicted octanol–water partition coefficient (Wildman–Crippen LogP) is 0.892. The van der Waals surface area contributed by atoms with Crippen LogP contribution in [0.3, 0.4) is 0 Å². The minimum Gasteiger partial charge on any atom is -0.465 e. The van der Waals surface area contributed by atoms with Gasteiger partial charge in [-0.15, -0.1) is 0 Å². The molecule has 5 heteroatoms. The van der Waals surface area contributed by atoms with Crippen LogP contribution < -0.4 is 5.32 Å². The number of nitrogens with one attached hydrogen (secondary N) is 1. The standard InChI is InChI=1S/C15H18N2O3/c1-2-20-13(18)9-17-7-6-10-4-3-5-11-14(10)12(17)8-16-15(11)19/h3-5,12H,2,6-9H2,1H3,(H,16,19). The minimum absolute atomic E-state index is 0.0175. The lowest BCUT2D eigenvalue weighted by atomic mass is 9.86. The Bertz CT molecular complexity index is 556. The number of rotatable bonds is 3. The van der Waals surface area contributed by atoms with E-state index in [4.69, 9.17) is 4.74 Å². The Labute approximate surface area is 117 Å². The van der Waals surface area contributed by atoms with Crippen LogP contribution in [0.15, 0.2) is 18.2 Å². The van der Waals surface area contributed by atoms with Crippen LogP contribution in [-0.4, -0.2) is 43.0 Å². The van der Waals surface area contributed by atoms with Gasteiger partial charge in [0.05, 0.1) is 19.2 Å². The zero-order valence-corrected chi connectivity index (χ0v) is 11.5. The van der Waals surface area contributed by atoms with Crippen molar-refractivity contribution in [1.29, 1.82) is 0 Å². The molecular formula is C15H18N2O3. The second-order valence-corrected chi connectivity index (χ2v) is 5.13. The van der Waals surface area contributed by atoms with Gasteiger partial charge in [0, 0.05) is 18.7 Å². The Morgan fingerprint density at radius 2 is 2.35 bits per heavy atom. The SMILES string of the molecule is CCOC(=O)CN1CCc2cccc3c2C1CNC3=O. The highest BCUT2D eigenvalue weighted by Gasteiger charge is 2.35. The maximum absolute atomic E-state index is 11.9. The highest BCUT2D eigenvalue weighted by molar-refractivity contribution is 5.97. The monoisotopic (exact) mass is 274 g/mol. The number of hydrogen-bond donors (Lipinski definition) is 1. The fourth-order valence-electron chi connectivity index (χ4n) is 3.10. The van der Waals surface area contributed by atoms with E-state index in [1.54, 1.807) is 0 Å². The smallest absolute Gasteiger partial charge is 0.320 e. The molecule has 2 aliphatic heterocycles. The molecule has 0 aliphatic carbocycles. The molecule has 0 spiro atoms. The van der Waals surface area contributed by atoms with Crippen LogP contribution in [-0.2, 0) is 16.0 Å². The Morgan fingerprint density at radius 3 is 3.15 bits per heavy atom. The molecule has 3 rings (SSSR count). The van der Waals surface area contributed by atoms with Gasteiger partial charge in [0.1, 0.15) is 0 Å². The average Bonchev–Trinajstić information content (AvgIpc) is 2.45. The fraction of sp³-hybridized carbons (Fsp3) is 0.467. The van der Waals surface area contributed by atoms with Crippen LogP contribution in [0, 0.1) is 0 Å². The minimum atomic E-state index is -0.203. The lowest BCUT2D eigenvalue weighted by Gasteiger charge is -2.40. The molecule has 2 heterocycles. The number of ether oxygens (including phenoxy) is 1. The Morgan fingerprint density at radius 1 is 1.50 bits per heavy atom. The molecule has 20 heavy (non-hydrogen) atoms.